The molecule has 6 heteroatoms. The summed E-state index contributed by atoms with van der Waals surface area (Å²) in [5.41, 5.74) is -1.72. The van der Waals surface area contributed by atoms with Gasteiger partial charge in [-0.1, -0.05) is 0 Å². The van der Waals surface area contributed by atoms with Crippen molar-refractivity contribution >= 4 is 12.1 Å². The van der Waals surface area contributed by atoms with Crippen molar-refractivity contribution in [3.8, 4) is 0 Å². The van der Waals surface area contributed by atoms with E-state index in [9.17, 15) is 19.1 Å². The molecule has 0 atom stereocenters. The second kappa shape index (κ2) is 4.60. The van der Waals surface area contributed by atoms with Gasteiger partial charge in [0.2, 0.25) is 0 Å². The second-order valence-corrected chi connectivity index (χ2v) is 7.30. The molecule has 0 aromatic heterocycles. The topological polar surface area (TPSA) is 75.6 Å². The number of aliphatic carboxylic acids is 1. The van der Waals surface area contributed by atoms with Crippen LogP contribution in [0.4, 0.5) is 9.18 Å². The van der Waals surface area contributed by atoms with Gasteiger partial charge in [0.25, 0.3) is 0 Å². The van der Waals surface area contributed by atoms with Gasteiger partial charge in [-0.15, -0.1) is 0 Å². The van der Waals surface area contributed by atoms with Crippen molar-refractivity contribution < 1.29 is 23.8 Å². The van der Waals surface area contributed by atoms with E-state index < -0.39 is 29.3 Å². The SMILES string of the molecule is CC(C)(C)OC(=O)NCC1(C(=O)O)CC2(CC(F)C2)C1. The van der Waals surface area contributed by atoms with Crippen molar-refractivity contribution in [1.29, 1.82) is 0 Å². The molecule has 1 spiro atoms. The smallest absolute Gasteiger partial charge is 0.407 e. The van der Waals surface area contributed by atoms with Crippen LogP contribution >= 0.6 is 0 Å². The third-order valence-electron chi connectivity index (χ3n) is 4.16. The highest BCUT2D eigenvalue weighted by Gasteiger charge is 2.63. The number of carbonyl (C=O) groups excluding carboxylic acids is 1. The molecule has 0 aliphatic heterocycles. The normalized spacial score (nSPS) is 35.9. The Hall–Kier alpha value is -1.33. The van der Waals surface area contributed by atoms with Gasteiger partial charge >= 0.3 is 12.1 Å². The summed E-state index contributed by atoms with van der Waals surface area (Å²) in [7, 11) is 0. The Bertz CT molecular complexity index is 415. The fourth-order valence-corrected chi connectivity index (χ4v) is 3.46. The number of alkyl carbamates (subject to hydrolysis) is 1. The van der Waals surface area contributed by atoms with Crippen LogP contribution in [-0.4, -0.2) is 35.5 Å². The molecular formula is C14H22FNO4. The molecule has 0 bridgehead atoms. The summed E-state index contributed by atoms with van der Waals surface area (Å²) in [5, 5.41) is 11.9. The Morgan fingerprint density at radius 3 is 2.30 bits per heavy atom. The standard InChI is InChI=1S/C14H22FNO4/c1-12(2,3)20-11(19)16-8-14(10(17)18)6-13(7-14)4-9(15)5-13/h9H,4-8H2,1-3H3,(H,16,19)(H,17,18). The van der Waals surface area contributed by atoms with Gasteiger partial charge in [0, 0.05) is 6.54 Å². The molecule has 2 N–H and O–H groups in total. The van der Waals surface area contributed by atoms with Crippen LogP contribution < -0.4 is 5.32 Å². The van der Waals surface area contributed by atoms with Crippen LogP contribution in [0.25, 0.3) is 0 Å². The lowest BCUT2D eigenvalue weighted by Gasteiger charge is -2.60. The number of carbonyl (C=O) groups is 2. The Morgan fingerprint density at radius 1 is 1.35 bits per heavy atom. The van der Waals surface area contributed by atoms with E-state index in [-0.39, 0.29) is 12.0 Å². The van der Waals surface area contributed by atoms with E-state index in [2.05, 4.69) is 5.32 Å². The van der Waals surface area contributed by atoms with Crippen molar-refractivity contribution in [1.82, 2.24) is 5.32 Å². The lowest BCUT2D eigenvalue weighted by atomic mass is 9.44. The zero-order chi connectivity index (χ0) is 15.2. The summed E-state index contributed by atoms with van der Waals surface area (Å²) in [4.78, 5) is 23.0. The molecule has 5 nitrogen and oxygen atoms in total. The molecule has 1 amide bonds. The van der Waals surface area contributed by atoms with E-state index >= 15 is 0 Å². The predicted molar refractivity (Wildman–Crippen MR) is 70.1 cm³/mol. The first-order valence-corrected chi connectivity index (χ1v) is 6.90. The van der Waals surface area contributed by atoms with E-state index in [1.807, 2.05) is 0 Å². The molecule has 2 saturated carbocycles. The van der Waals surface area contributed by atoms with E-state index in [1.165, 1.54) is 0 Å². The maximum atomic E-state index is 12.9. The lowest BCUT2D eigenvalue weighted by Crippen LogP contribution is -2.61. The summed E-state index contributed by atoms with van der Waals surface area (Å²) in [6, 6.07) is 0. The second-order valence-electron chi connectivity index (χ2n) is 7.30. The van der Waals surface area contributed by atoms with E-state index in [0.717, 1.165) is 0 Å². The first kappa shape index (κ1) is 15.1. The molecule has 0 heterocycles. The molecule has 2 rings (SSSR count). The van der Waals surface area contributed by atoms with Gasteiger partial charge in [-0.3, -0.25) is 4.79 Å². The number of carboxylic acid groups (broad SMARTS) is 1. The average Bonchev–Trinajstić information content (AvgIpc) is 2.16. The quantitative estimate of drug-likeness (QED) is 0.836. The van der Waals surface area contributed by atoms with Crippen molar-refractivity contribution in [3.05, 3.63) is 0 Å². The van der Waals surface area contributed by atoms with Gasteiger partial charge < -0.3 is 15.2 Å². The minimum Gasteiger partial charge on any atom is -0.481 e. The molecule has 114 valence electrons. The summed E-state index contributed by atoms with van der Waals surface area (Å²) < 4.78 is 18.0. The molecule has 0 aromatic carbocycles. The maximum Gasteiger partial charge on any atom is 0.407 e. The van der Waals surface area contributed by atoms with Crippen molar-refractivity contribution in [2.24, 2.45) is 10.8 Å². The average molecular weight is 287 g/mol. The van der Waals surface area contributed by atoms with Crippen molar-refractivity contribution in [2.45, 2.75) is 58.2 Å². The largest absolute Gasteiger partial charge is 0.481 e. The number of amides is 1. The van der Waals surface area contributed by atoms with Crippen LogP contribution in [0.1, 0.15) is 46.5 Å². The Balaban J connectivity index is 1.86. The molecule has 0 unspecified atom stereocenters. The number of hydrogen-bond donors (Lipinski definition) is 2. The number of alkyl halides is 1. The number of halogens is 1. The number of nitrogens with one attached hydrogen (secondary N) is 1. The molecule has 2 aliphatic carbocycles. The van der Waals surface area contributed by atoms with Crippen LogP contribution in [0.3, 0.4) is 0 Å². The van der Waals surface area contributed by atoms with Crippen LogP contribution in [0, 0.1) is 10.8 Å². The van der Waals surface area contributed by atoms with E-state index in [1.54, 1.807) is 20.8 Å². The fraction of sp³-hybridized carbons (Fsp3) is 0.857. The minimum absolute atomic E-state index is 0.0376. The zero-order valence-electron chi connectivity index (χ0n) is 12.2. The fourth-order valence-electron chi connectivity index (χ4n) is 3.46. The van der Waals surface area contributed by atoms with Gasteiger partial charge in [-0.05, 0) is 51.9 Å². The number of carboxylic acids is 1. The lowest BCUT2D eigenvalue weighted by molar-refractivity contribution is -0.181. The molecule has 20 heavy (non-hydrogen) atoms. The summed E-state index contributed by atoms with van der Waals surface area (Å²) in [5.74, 6) is -0.929. The summed E-state index contributed by atoms with van der Waals surface area (Å²) in [6.07, 6.45) is 0.372. The van der Waals surface area contributed by atoms with Gasteiger partial charge in [0.15, 0.2) is 0 Å². The number of hydrogen-bond acceptors (Lipinski definition) is 3. The number of ether oxygens (including phenoxy) is 1. The van der Waals surface area contributed by atoms with Crippen molar-refractivity contribution in [2.75, 3.05) is 6.54 Å². The third-order valence-corrected chi connectivity index (χ3v) is 4.16. The van der Waals surface area contributed by atoms with Crippen LogP contribution in [0.5, 0.6) is 0 Å². The Morgan fingerprint density at radius 2 is 1.90 bits per heavy atom. The molecule has 0 aromatic rings. The zero-order valence-corrected chi connectivity index (χ0v) is 12.2. The highest BCUT2D eigenvalue weighted by Crippen LogP contribution is 2.64. The first-order chi connectivity index (χ1) is 9.06. The summed E-state index contributed by atoms with van der Waals surface area (Å²) in [6.45, 7) is 5.27. The predicted octanol–water partition coefficient (Wildman–Crippen LogP) is 2.49. The highest BCUT2D eigenvalue weighted by atomic mass is 19.1. The molecule has 2 aliphatic rings. The Kier molecular flexibility index (Phi) is 3.47. The maximum absolute atomic E-state index is 12.9. The summed E-state index contributed by atoms with van der Waals surface area (Å²) >= 11 is 0. The monoisotopic (exact) mass is 287 g/mol. The van der Waals surface area contributed by atoms with Crippen LogP contribution in [0.15, 0.2) is 0 Å². The molecule has 0 saturated heterocycles. The molecular weight excluding hydrogens is 265 g/mol. The minimum atomic E-state index is -0.961. The van der Waals surface area contributed by atoms with Crippen molar-refractivity contribution in [3.63, 3.8) is 0 Å². The molecule has 2 fully saturated rings. The first-order valence-electron chi connectivity index (χ1n) is 6.90. The Labute approximate surface area is 117 Å². The van der Waals surface area contributed by atoms with E-state index in [0.29, 0.717) is 25.7 Å². The van der Waals surface area contributed by atoms with Gasteiger partial charge in [0.1, 0.15) is 11.8 Å². The van der Waals surface area contributed by atoms with Crippen LogP contribution in [-0.2, 0) is 9.53 Å². The molecule has 0 radical (unpaired) electrons. The van der Waals surface area contributed by atoms with Gasteiger partial charge in [-0.2, -0.15) is 0 Å². The van der Waals surface area contributed by atoms with Gasteiger partial charge in [-0.25, -0.2) is 9.18 Å². The van der Waals surface area contributed by atoms with E-state index in [4.69, 9.17) is 4.74 Å². The highest BCUT2D eigenvalue weighted by molar-refractivity contribution is 5.78. The third kappa shape index (κ3) is 2.88. The van der Waals surface area contributed by atoms with Crippen LogP contribution in [0.2, 0.25) is 0 Å². The van der Waals surface area contributed by atoms with Gasteiger partial charge in [0.05, 0.1) is 5.41 Å². The number of rotatable bonds is 3.